The third kappa shape index (κ3) is 1.75. The molecule has 1 aromatic heterocycles. The second-order valence-electron chi connectivity index (χ2n) is 3.40. The van der Waals surface area contributed by atoms with Crippen molar-refractivity contribution in [3.63, 3.8) is 0 Å². The molecule has 0 spiro atoms. The Kier molecular flexibility index (Phi) is 2.36. The van der Waals surface area contributed by atoms with Gasteiger partial charge in [-0.1, -0.05) is 0 Å². The van der Waals surface area contributed by atoms with Crippen molar-refractivity contribution < 1.29 is 15.0 Å². The van der Waals surface area contributed by atoms with Crippen molar-refractivity contribution in [3.05, 3.63) is 41.7 Å². The minimum Gasteiger partial charge on any atom is -0.508 e. The highest BCUT2D eigenvalue weighted by Gasteiger charge is 2.13. The second kappa shape index (κ2) is 3.69. The minimum atomic E-state index is -1.03. The smallest absolute Gasteiger partial charge is 0.354 e. The number of hydrogen-bond acceptors (Lipinski definition) is 3. The molecule has 5 nitrogen and oxygen atoms in total. The van der Waals surface area contributed by atoms with Crippen LogP contribution in [0.4, 0.5) is 0 Å². The van der Waals surface area contributed by atoms with E-state index in [1.165, 1.54) is 22.9 Å². The van der Waals surface area contributed by atoms with E-state index in [0.717, 1.165) is 0 Å². The molecule has 0 aliphatic rings. The van der Waals surface area contributed by atoms with Gasteiger partial charge in [-0.15, -0.1) is 0 Å². The highest BCUT2D eigenvalue weighted by atomic mass is 16.4. The van der Waals surface area contributed by atoms with Crippen LogP contribution in [0.15, 0.2) is 30.3 Å². The van der Waals surface area contributed by atoms with Gasteiger partial charge >= 0.3 is 5.97 Å². The number of aromatic nitrogens is 2. The number of aromatic carboxylic acids is 1. The van der Waals surface area contributed by atoms with E-state index in [9.17, 15) is 4.79 Å². The molecule has 0 radical (unpaired) electrons. The van der Waals surface area contributed by atoms with Crippen LogP contribution in [0.5, 0.6) is 5.75 Å². The SMILES string of the molecule is Cc1cc(C(=O)O)n(-c2ccc(O)cc2)n1. The van der Waals surface area contributed by atoms with Crippen molar-refractivity contribution in [3.8, 4) is 11.4 Å². The third-order valence-electron chi connectivity index (χ3n) is 2.14. The first-order chi connectivity index (χ1) is 7.58. The van der Waals surface area contributed by atoms with E-state index in [2.05, 4.69) is 5.10 Å². The molecule has 0 atom stereocenters. The summed E-state index contributed by atoms with van der Waals surface area (Å²) in [4.78, 5) is 11.0. The van der Waals surface area contributed by atoms with E-state index in [-0.39, 0.29) is 11.4 Å². The van der Waals surface area contributed by atoms with E-state index in [1.807, 2.05) is 0 Å². The van der Waals surface area contributed by atoms with Gasteiger partial charge in [0.15, 0.2) is 5.69 Å². The van der Waals surface area contributed by atoms with Crippen molar-refractivity contribution in [1.29, 1.82) is 0 Å². The van der Waals surface area contributed by atoms with Crippen LogP contribution in [0.3, 0.4) is 0 Å². The van der Waals surface area contributed by atoms with Gasteiger partial charge in [0.25, 0.3) is 0 Å². The van der Waals surface area contributed by atoms with Crippen LogP contribution >= 0.6 is 0 Å². The fourth-order valence-electron chi connectivity index (χ4n) is 1.44. The quantitative estimate of drug-likeness (QED) is 0.802. The van der Waals surface area contributed by atoms with Crippen LogP contribution in [-0.2, 0) is 0 Å². The Morgan fingerprint density at radius 2 is 1.94 bits per heavy atom. The first kappa shape index (κ1) is 10.2. The Labute approximate surface area is 91.6 Å². The molecule has 2 N–H and O–H groups in total. The lowest BCUT2D eigenvalue weighted by Gasteiger charge is -2.03. The van der Waals surface area contributed by atoms with Gasteiger partial charge in [0.2, 0.25) is 0 Å². The van der Waals surface area contributed by atoms with Crippen LogP contribution in [0.2, 0.25) is 0 Å². The van der Waals surface area contributed by atoms with Crippen molar-refractivity contribution in [2.75, 3.05) is 0 Å². The van der Waals surface area contributed by atoms with E-state index >= 15 is 0 Å². The molecule has 82 valence electrons. The summed E-state index contributed by atoms with van der Waals surface area (Å²) in [6.07, 6.45) is 0. The molecule has 0 amide bonds. The lowest BCUT2D eigenvalue weighted by atomic mass is 10.3. The summed E-state index contributed by atoms with van der Waals surface area (Å²) < 4.78 is 1.33. The average molecular weight is 218 g/mol. The lowest BCUT2D eigenvalue weighted by molar-refractivity contribution is 0.0687. The summed E-state index contributed by atoms with van der Waals surface area (Å²) in [6, 6.07) is 7.67. The zero-order valence-electron chi connectivity index (χ0n) is 8.58. The largest absolute Gasteiger partial charge is 0.508 e. The molecule has 5 heteroatoms. The van der Waals surface area contributed by atoms with E-state index in [1.54, 1.807) is 19.1 Å². The van der Waals surface area contributed by atoms with Gasteiger partial charge in [-0.05, 0) is 37.3 Å². The topological polar surface area (TPSA) is 75.3 Å². The zero-order chi connectivity index (χ0) is 11.7. The Hall–Kier alpha value is -2.30. The third-order valence-corrected chi connectivity index (χ3v) is 2.14. The number of hydrogen-bond donors (Lipinski definition) is 2. The maximum atomic E-state index is 11.0. The number of aromatic hydroxyl groups is 1. The van der Waals surface area contributed by atoms with Crippen LogP contribution in [0.25, 0.3) is 5.69 Å². The molecule has 0 aliphatic heterocycles. The number of phenols is 1. The molecule has 0 saturated carbocycles. The highest BCUT2D eigenvalue weighted by molar-refractivity contribution is 5.86. The van der Waals surface area contributed by atoms with Crippen LogP contribution < -0.4 is 0 Å². The van der Waals surface area contributed by atoms with Crippen LogP contribution in [0.1, 0.15) is 16.2 Å². The first-order valence-electron chi connectivity index (χ1n) is 4.67. The molecule has 0 saturated heterocycles. The normalized spacial score (nSPS) is 10.3. The number of rotatable bonds is 2. The molecule has 0 aliphatic carbocycles. The number of aryl methyl sites for hydroxylation is 1. The van der Waals surface area contributed by atoms with Crippen LogP contribution in [-0.4, -0.2) is 26.0 Å². The molecule has 2 rings (SSSR count). The van der Waals surface area contributed by atoms with Gasteiger partial charge < -0.3 is 10.2 Å². The maximum Gasteiger partial charge on any atom is 0.354 e. The van der Waals surface area contributed by atoms with Gasteiger partial charge in [-0.25, -0.2) is 9.48 Å². The van der Waals surface area contributed by atoms with Gasteiger partial charge in [-0.2, -0.15) is 5.10 Å². The van der Waals surface area contributed by atoms with Crippen molar-refractivity contribution in [2.45, 2.75) is 6.92 Å². The maximum absolute atomic E-state index is 11.0. The summed E-state index contributed by atoms with van der Waals surface area (Å²) in [7, 11) is 0. The highest BCUT2D eigenvalue weighted by Crippen LogP contribution is 2.16. The minimum absolute atomic E-state index is 0.100. The van der Waals surface area contributed by atoms with E-state index in [4.69, 9.17) is 10.2 Å². The Balaban J connectivity index is 2.55. The number of carboxylic acid groups (broad SMARTS) is 1. The summed E-state index contributed by atoms with van der Waals surface area (Å²) in [5, 5.41) is 22.2. The summed E-state index contributed by atoms with van der Waals surface area (Å²) in [5.74, 6) is -0.904. The summed E-state index contributed by atoms with van der Waals surface area (Å²) >= 11 is 0. The monoisotopic (exact) mass is 218 g/mol. The Morgan fingerprint density at radius 3 is 2.50 bits per heavy atom. The molecular weight excluding hydrogens is 208 g/mol. The van der Waals surface area contributed by atoms with Crippen molar-refractivity contribution in [1.82, 2.24) is 9.78 Å². The Morgan fingerprint density at radius 1 is 1.31 bits per heavy atom. The molecule has 0 unspecified atom stereocenters. The first-order valence-corrected chi connectivity index (χ1v) is 4.67. The molecule has 0 fully saturated rings. The lowest BCUT2D eigenvalue weighted by Crippen LogP contribution is -2.07. The average Bonchev–Trinajstić information content (AvgIpc) is 2.61. The molecule has 2 aromatic rings. The molecule has 1 heterocycles. The van der Waals surface area contributed by atoms with Gasteiger partial charge in [0, 0.05) is 0 Å². The Bertz CT molecular complexity index is 529. The van der Waals surface area contributed by atoms with Gasteiger partial charge in [0.1, 0.15) is 5.75 Å². The van der Waals surface area contributed by atoms with E-state index in [0.29, 0.717) is 11.4 Å². The second-order valence-corrected chi connectivity index (χ2v) is 3.40. The van der Waals surface area contributed by atoms with Crippen molar-refractivity contribution >= 4 is 5.97 Å². The van der Waals surface area contributed by atoms with Gasteiger partial charge in [0.05, 0.1) is 11.4 Å². The molecule has 0 bridgehead atoms. The molecular formula is C11H10N2O3. The fourth-order valence-corrected chi connectivity index (χ4v) is 1.44. The summed E-state index contributed by atoms with van der Waals surface area (Å²) in [5.41, 5.74) is 1.33. The number of benzene rings is 1. The van der Waals surface area contributed by atoms with Crippen LogP contribution in [0, 0.1) is 6.92 Å². The standard InChI is InChI=1S/C11H10N2O3/c1-7-6-10(11(15)16)13(12-7)8-2-4-9(14)5-3-8/h2-6,14H,1H3,(H,15,16). The zero-order valence-corrected chi connectivity index (χ0v) is 8.58. The predicted octanol–water partition coefficient (Wildman–Crippen LogP) is 1.58. The number of nitrogens with zero attached hydrogens (tertiary/aromatic N) is 2. The number of phenolic OH excluding ortho intramolecular Hbond substituents is 1. The number of carboxylic acids is 1. The molecule has 1 aromatic carbocycles. The fraction of sp³-hybridized carbons (Fsp3) is 0.0909. The number of carbonyl (C=O) groups is 1. The van der Waals surface area contributed by atoms with Gasteiger partial charge in [-0.3, -0.25) is 0 Å². The molecule has 16 heavy (non-hydrogen) atoms. The predicted molar refractivity (Wildman–Crippen MR) is 56.9 cm³/mol. The van der Waals surface area contributed by atoms with Crippen molar-refractivity contribution in [2.24, 2.45) is 0 Å². The van der Waals surface area contributed by atoms with E-state index < -0.39 is 5.97 Å². The summed E-state index contributed by atoms with van der Waals surface area (Å²) in [6.45, 7) is 1.73.